The van der Waals surface area contributed by atoms with Gasteiger partial charge in [0.05, 0.1) is 16.6 Å². The van der Waals surface area contributed by atoms with Crippen LogP contribution in [0.4, 0.5) is 14.5 Å². The SMILES string of the molecule is O=c1c2c(N3CCC(C(F)F)C3)cccc2ccn1[C@@H]1C[C@H]1c1ccc2ccccc2n1. The third-order valence-electron chi connectivity index (χ3n) is 6.97. The number of hydrogen-bond acceptors (Lipinski definition) is 3. The lowest BCUT2D eigenvalue weighted by atomic mass is 10.1. The molecule has 2 aromatic heterocycles. The number of para-hydroxylation sites is 1. The van der Waals surface area contributed by atoms with Gasteiger partial charge in [0, 0.05) is 48.2 Å². The first-order chi connectivity index (χ1) is 15.6. The van der Waals surface area contributed by atoms with Gasteiger partial charge in [0.2, 0.25) is 6.43 Å². The van der Waals surface area contributed by atoms with Crippen molar-refractivity contribution in [3.8, 4) is 0 Å². The number of anilines is 1. The molecule has 2 aromatic carbocycles. The zero-order valence-electron chi connectivity index (χ0n) is 17.5. The quantitative estimate of drug-likeness (QED) is 0.436. The minimum absolute atomic E-state index is 0.0492. The molecule has 1 saturated heterocycles. The molecule has 0 N–H and O–H groups in total. The highest BCUT2D eigenvalue weighted by atomic mass is 19.3. The molecule has 6 rings (SSSR count). The monoisotopic (exact) mass is 431 g/mol. The number of fused-ring (bicyclic) bond motifs is 2. The van der Waals surface area contributed by atoms with E-state index in [4.69, 9.17) is 4.98 Å². The van der Waals surface area contributed by atoms with E-state index in [2.05, 4.69) is 12.1 Å². The van der Waals surface area contributed by atoms with Crippen LogP contribution in [0.2, 0.25) is 0 Å². The summed E-state index contributed by atoms with van der Waals surface area (Å²) in [5.41, 5.74) is 2.69. The Hall–Kier alpha value is -3.28. The molecular formula is C26H23F2N3O. The second-order valence-electron chi connectivity index (χ2n) is 8.94. The van der Waals surface area contributed by atoms with Gasteiger partial charge in [-0.1, -0.05) is 36.4 Å². The zero-order valence-corrected chi connectivity index (χ0v) is 17.5. The molecule has 0 amide bonds. The molecule has 0 spiro atoms. The van der Waals surface area contributed by atoms with Crippen LogP contribution in [-0.2, 0) is 0 Å². The second kappa shape index (κ2) is 7.40. The number of halogens is 2. The Morgan fingerprint density at radius 1 is 0.969 bits per heavy atom. The van der Waals surface area contributed by atoms with E-state index in [1.807, 2.05) is 64.2 Å². The average molecular weight is 431 g/mol. The van der Waals surface area contributed by atoms with Gasteiger partial charge in [-0.2, -0.15) is 0 Å². The minimum atomic E-state index is -2.33. The van der Waals surface area contributed by atoms with Crippen molar-refractivity contribution in [1.29, 1.82) is 0 Å². The van der Waals surface area contributed by atoms with E-state index in [0.29, 0.717) is 18.4 Å². The van der Waals surface area contributed by atoms with Gasteiger partial charge in [0.1, 0.15) is 0 Å². The topological polar surface area (TPSA) is 38.1 Å². The molecule has 0 bridgehead atoms. The first-order valence-electron chi connectivity index (χ1n) is 11.1. The van der Waals surface area contributed by atoms with Gasteiger partial charge in [0.25, 0.3) is 5.56 Å². The molecule has 4 aromatic rings. The molecule has 4 nitrogen and oxygen atoms in total. The van der Waals surface area contributed by atoms with Crippen LogP contribution >= 0.6 is 0 Å². The molecule has 32 heavy (non-hydrogen) atoms. The molecule has 3 heterocycles. The second-order valence-corrected chi connectivity index (χ2v) is 8.94. The Labute approximate surface area is 184 Å². The maximum absolute atomic E-state index is 13.6. The van der Waals surface area contributed by atoms with E-state index < -0.39 is 12.3 Å². The summed E-state index contributed by atoms with van der Waals surface area (Å²) in [6, 6.07) is 19.9. The average Bonchev–Trinajstić information content (AvgIpc) is 3.44. The first kappa shape index (κ1) is 19.4. The van der Waals surface area contributed by atoms with Gasteiger partial charge in [-0.15, -0.1) is 0 Å². The van der Waals surface area contributed by atoms with Crippen LogP contribution in [0.5, 0.6) is 0 Å². The smallest absolute Gasteiger partial charge is 0.260 e. The molecule has 1 aliphatic carbocycles. The molecule has 0 radical (unpaired) electrons. The molecule has 162 valence electrons. The van der Waals surface area contributed by atoms with Gasteiger partial charge in [0.15, 0.2) is 0 Å². The van der Waals surface area contributed by atoms with Crippen LogP contribution in [0.1, 0.15) is 30.5 Å². The van der Waals surface area contributed by atoms with Crippen LogP contribution in [0.25, 0.3) is 21.7 Å². The minimum Gasteiger partial charge on any atom is -0.370 e. The molecule has 1 unspecified atom stereocenters. The van der Waals surface area contributed by atoms with Crippen molar-refractivity contribution >= 4 is 27.4 Å². The fourth-order valence-electron chi connectivity index (χ4n) is 5.12. The number of pyridine rings is 2. The summed E-state index contributed by atoms with van der Waals surface area (Å²) >= 11 is 0. The lowest BCUT2D eigenvalue weighted by molar-refractivity contribution is 0.0880. The van der Waals surface area contributed by atoms with Crippen molar-refractivity contribution < 1.29 is 8.78 Å². The Kier molecular flexibility index (Phi) is 4.49. The lowest BCUT2D eigenvalue weighted by Crippen LogP contribution is -2.25. The van der Waals surface area contributed by atoms with Crippen molar-refractivity contribution in [2.75, 3.05) is 18.0 Å². The van der Waals surface area contributed by atoms with E-state index in [0.717, 1.165) is 34.1 Å². The number of hydrogen-bond donors (Lipinski definition) is 0. The number of benzene rings is 2. The highest BCUT2D eigenvalue weighted by Gasteiger charge is 2.42. The van der Waals surface area contributed by atoms with Gasteiger partial charge in [-0.05, 0) is 42.5 Å². The molecule has 2 aliphatic rings. The summed E-state index contributed by atoms with van der Waals surface area (Å²) in [6.07, 6.45) is 0.864. The van der Waals surface area contributed by atoms with Crippen molar-refractivity contribution in [2.45, 2.75) is 31.2 Å². The van der Waals surface area contributed by atoms with E-state index in [1.54, 1.807) is 0 Å². The number of alkyl halides is 2. The fourth-order valence-corrected chi connectivity index (χ4v) is 5.12. The van der Waals surface area contributed by atoms with Gasteiger partial charge in [-0.3, -0.25) is 9.78 Å². The van der Waals surface area contributed by atoms with Crippen LogP contribution < -0.4 is 10.5 Å². The number of nitrogens with zero attached hydrogens (tertiary/aromatic N) is 3. The van der Waals surface area contributed by atoms with Crippen molar-refractivity contribution in [1.82, 2.24) is 9.55 Å². The van der Waals surface area contributed by atoms with E-state index in [-0.39, 0.29) is 24.1 Å². The summed E-state index contributed by atoms with van der Waals surface area (Å²) in [6.45, 7) is 0.841. The van der Waals surface area contributed by atoms with Crippen LogP contribution in [0.15, 0.2) is 71.7 Å². The molecule has 3 atom stereocenters. The first-order valence-corrected chi connectivity index (χ1v) is 11.1. The standard InChI is InChI=1S/C26H23F2N3O/c27-25(28)18-10-12-30(15-18)22-7-3-5-17-11-13-31(26(32)24(17)22)23-14-19(23)21-9-8-16-4-1-2-6-20(16)29-21/h1-9,11,13,18-19,23,25H,10,12,14-15H2/t18?,19-,23+/m0/s1. The Balaban J connectivity index is 1.35. The molecular weight excluding hydrogens is 408 g/mol. The highest BCUT2D eigenvalue weighted by molar-refractivity contribution is 5.93. The normalized spacial score (nSPS) is 22.8. The molecule has 2 fully saturated rings. The van der Waals surface area contributed by atoms with E-state index in [9.17, 15) is 13.6 Å². The Morgan fingerprint density at radius 2 is 1.81 bits per heavy atom. The summed E-state index contributed by atoms with van der Waals surface area (Å²) < 4.78 is 28.2. The predicted octanol–water partition coefficient (Wildman–Crippen LogP) is 5.37. The summed E-state index contributed by atoms with van der Waals surface area (Å²) in [7, 11) is 0. The molecule has 6 heteroatoms. The molecule has 1 saturated carbocycles. The van der Waals surface area contributed by atoms with Crippen molar-refractivity contribution in [3.05, 3.63) is 82.9 Å². The largest absolute Gasteiger partial charge is 0.370 e. The highest BCUT2D eigenvalue weighted by Crippen LogP contribution is 2.50. The molecule has 1 aliphatic heterocycles. The van der Waals surface area contributed by atoms with Gasteiger partial charge in [-0.25, -0.2) is 8.78 Å². The van der Waals surface area contributed by atoms with Crippen LogP contribution in [-0.4, -0.2) is 29.1 Å². The van der Waals surface area contributed by atoms with E-state index >= 15 is 0 Å². The Bertz CT molecular complexity index is 1380. The van der Waals surface area contributed by atoms with Crippen LogP contribution in [0, 0.1) is 5.92 Å². The maximum Gasteiger partial charge on any atom is 0.260 e. The number of rotatable bonds is 4. The zero-order chi connectivity index (χ0) is 21.8. The van der Waals surface area contributed by atoms with Crippen LogP contribution in [0.3, 0.4) is 0 Å². The summed E-state index contributed by atoms with van der Waals surface area (Å²) in [5, 5.41) is 2.58. The number of aromatic nitrogens is 2. The maximum atomic E-state index is 13.6. The fraction of sp³-hybridized carbons (Fsp3) is 0.308. The Morgan fingerprint density at radius 3 is 2.66 bits per heavy atom. The van der Waals surface area contributed by atoms with Crippen molar-refractivity contribution in [3.63, 3.8) is 0 Å². The van der Waals surface area contributed by atoms with E-state index in [1.165, 1.54) is 0 Å². The van der Waals surface area contributed by atoms with Crippen molar-refractivity contribution in [2.24, 2.45) is 5.92 Å². The summed E-state index contributed by atoms with van der Waals surface area (Å²) in [5.74, 6) is -0.431. The van der Waals surface area contributed by atoms with Gasteiger partial charge < -0.3 is 9.47 Å². The summed E-state index contributed by atoms with van der Waals surface area (Å²) in [4.78, 5) is 20.3. The predicted molar refractivity (Wildman–Crippen MR) is 123 cm³/mol. The van der Waals surface area contributed by atoms with Gasteiger partial charge >= 0.3 is 0 Å². The third kappa shape index (κ3) is 3.17. The lowest BCUT2D eigenvalue weighted by Gasteiger charge is -2.21. The third-order valence-corrected chi connectivity index (χ3v) is 6.97.